The summed E-state index contributed by atoms with van der Waals surface area (Å²) in [6.45, 7) is 1.84. The molecule has 1 heterocycles. The van der Waals surface area contributed by atoms with Gasteiger partial charge in [0.15, 0.2) is 0 Å². The van der Waals surface area contributed by atoms with E-state index in [-0.39, 0.29) is 12.2 Å². The number of ether oxygens (including phenoxy) is 1. The van der Waals surface area contributed by atoms with Crippen LogP contribution in [0.2, 0.25) is 0 Å². The predicted molar refractivity (Wildman–Crippen MR) is 70.8 cm³/mol. The molecule has 21 heavy (non-hydrogen) atoms. The van der Waals surface area contributed by atoms with Gasteiger partial charge in [-0.2, -0.15) is 0 Å². The Hall–Kier alpha value is -2.08. The lowest BCUT2D eigenvalue weighted by Gasteiger charge is -2.13. The Balaban J connectivity index is 2.05. The van der Waals surface area contributed by atoms with Gasteiger partial charge >= 0.3 is 6.36 Å². The number of aliphatic hydroxyl groups excluding tert-OH is 1. The van der Waals surface area contributed by atoms with Crippen molar-refractivity contribution in [3.8, 4) is 5.75 Å². The quantitative estimate of drug-likeness (QED) is 0.938. The minimum atomic E-state index is -4.70. The van der Waals surface area contributed by atoms with E-state index in [9.17, 15) is 18.3 Å². The number of nitrogens with zero attached hydrogens (tertiary/aromatic N) is 1. The highest BCUT2D eigenvalue weighted by Gasteiger charge is 2.30. The summed E-state index contributed by atoms with van der Waals surface area (Å²) >= 11 is 0. The van der Waals surface area contributed by atoms with Crippen LogP contribution in [-0.2, 0) is 6.42 Å². The summed E-state index contributed by atoms with van der Waals surface area (Å²) in [7, 11) is 0. The standard InChI is InChI=1S/C15H14F3NO2/c1-10-3-2-8-19-14(10)13(20)9-11-4-6-12(7-5-11)21-15(16,17)18/h2-8,13,20H,9H2,1H3. The van der Waals surface area contributed by atoms with Crippen LogP contribution in [0, 0.1) is 6.92 Å². The monoisotopic (exact) mass is 297 g/mol. The fourth-order valence-electron chi connectivity index (χ4n) is 1.99. The van der Waals surface area contributed by atoms with Gasteiger partial charge < -0.3 is 9.84 Å². The van der Waals surface area contributed by atoms with E-state index in [4.69, 9.17) is 0 Å². The molecule has 0 radical (unpaired) electrons. The Kier molecular flexibility index (Phi) is 4.47. The number of hydrogen-bond donors (Lipinski definition) is 1. The van der Waals surface area contributed by atoms with Crippen LogP contribution in [0.1, 0.15) is 22.9 Å². The highest BCUT2D eigenvalue weighted by atomic mass is 19.4. The molecule has 0 fully saturated rings. The van der Waals surface area contributed by atoms with E-state index in [0.29, 0.717) is 11.3 Å². The molecule has 0 bridgehead atoms. The molecule has 0 spiro atoms. The molecule has 1 N–H and O–H groups in total. The Bertz CT molecular complexity index is 597. The maximum absolute atomic E-state index is 12.0. The van der Waals surface area contributed by atoms with Gasteiger partial charge in [0.2, 0.25) is 0 Å². The van der Waals surface area contributed by atoms with Gasteiger partial charge in [-0.25, -0.2) is 0 Å². The minimum Gasteiger partial charge on any atom is -0.406 e. The van der Waals surface area contributed by atoms with Crippen LogP contribution >= 0.6 is 0 Å². The Labute approximate surface area is 120 Å². The number of rotatable bonds is 4. The molecule has 6 heteroatoms. The molecular weight excluding hydrogens is 283 g/mol. The maximum Gasteiger partial charge on any atom is 0.573 e. The van der Waals surface area contributed by atoms with E-state index in [1.807, 2.05) is 13.0 Å². The summed E-state index contributed by atoms with van der Waals surface area (Å²) in [5.41, 5.74) is 2.12. The van der Waals surface area contributed by atoms with Crippen LogP contribution in [0.3, 0.4) is 0 Å². The topological polar surface area (TPSA) is 42.4 Å². The number of aryl methyl sites for hydroxylation is 1. The van der Waals surface area contributed by atoms with Crippen molar-refractivity contribution in [3.05, 3.63) is 59.4 Å². The number of aliphatic hydroxyl groups is 1. The van der Waals surface area contributed by atoms with Crippen molar-refractivity contribution in [1.29, 1.82) is 0 Å². The van der Waals surface area contributed by atoms with Crippen molar-refractivity contribution in [1.82, 2.24) is 4.98 Å². The average molecular weight is 297 g/mol. The van der Waals surface area contributed by atoms with E-state index in [1.54, 1.807) is 12.3 Å². The Morgan fingerprint density at radius 3 is 2.43 bits per heavy atom. The molecule has 0 aliphatic carbocycles. The molecule has 0 aliphatic rings. The molecule has 2 aromatic rings. The van der Waals surface area contributed by atoms with Gasteiger partial charge in [-0.15, -0.1) is 13.2 Å². The van der Waals surface area contributed by atoms with Crippen molar-refractivity contribution in [2.24, 2.45) is 0 Å². The summed E-state index contributed by atoms with van der Waals surface area (Å²) in [5.74, 6) is -0.283. The van der Waals surface area contributed by atoms with E-state index in [1.165, 1.54) is 24.3 Å². The third kappa shape index (κ3) is 4.46. The predicted octanol–water partition coefficient (Wildman–Crippen LogP) is 3.56. The minimum absolute atomic E-state index is 0.268. The summed E-state index contributed by atoms with van der Waals surface area (Å²) in [6, 6.07) is 9.04. The molecule has 0 saturated heterocycles. The average Bonchev–Trinajstić information content (AvgIpc) is 2.40. The number of benzene rings is 1. The van der Waals surface area contributed by atoms with E-state index < -0.39 is 12.5 Å². The first-order valence-corrected chi connectivity index (χ1v) is 6.29. The highest BCUT2D eigenvalue weighted by molar-refractivity contribution is 5.29. The van der Waals surface area contributed by atoms with Gasteiger partial charge in [-0.3, -0.25) is 4.98 Å². The van der Waals surface area contributed by atoms with Crippen molar-refractivity contribution in [3.63, 3.8) is 0 Å². The van der Waals surface area contributed by atoms with Crippen LogP contribution in [0.5, 0.6) is 5.75 Å². The molecule has 1 unspecified atom stereocenters. The lowest BCUT2D eigenvalue weighted by atomic mass is 10.0. The third-order valence-corrected chi connectivity index (χ3v) is 2.95. The molecule has 0 aliphatic heterocycles. The molecule has 1 aromatic carbocycles. The highest BCUT2D eigenvalue weighted by Crippen LogP contribution is 2.24. The normalized spacial score (nSPS) is 13.0. The fraction of sp³-hybridized carbons (Fsp3) is 0.267. The van der Waals surface area contributed by atoms with E-state index in [0.717, 1.165) is 5.56 Å². The van der Waals surface area contributed by atoms with Gasteiger partial charge in [0, 0.05) is 12.6 Å². The summed E-state index contributed by atoms with van der Waals surface area (Å²) in [4.78, 5) is 4.12. The molecule has 1 atom stereocenters. The van der Waals surface area contributed by atoms with Gasteiger partial charge in [-0.05, 0) is 36.2 Å². The SMILES string of the molecule is Cc1cccnc1C(O)Cc1ccc(OC(F)(F)F)cc1. The molecule has 0 amide bonds. The first kappa shape index (κ1) is 15.3. The summed E-state index contributed by atoms with van der Waals surface area (Å²) in [5, 5.41) is 10.1. The second kappa shape index (κ2) is 6.13. The van der Waals surface area contributed by atoms with Gasteiger partial charge in [-0.1, -0.05) is 18.2 Å². The largest absolute Gasteiger partial charge is 0.573 e. The zero-order valence-corrected chi connectivity index (χ0v) is 11.3. The van der Waals surface area contributed by atoms with Gasteiger partial charge in [0.05, 0.1) is 5.69 Å². The van der Waals surface area contributed by atoms with Crippen LogP contribution in [-0.4, -0.2) is 16.5 Å². The molecule has 112 valence electrons. The smallest absolute Gasteiger partial charge is 0.406 e. The second-order valence-corrected chi connectivity index (χ2v) is 4.62. The van der Waals surface area contributed by atoms with Crippen LogP contribution in [0.4, 0.5) is 13.2 Å². The van der Waals surface area contributed by atoms with E-state index in [2.05, 4.69) is 9.72 Å². The molecular formula is C15H14F3NO2. The lowest BCUT2D eigenvalue weighted by molar-refractivity contribution is -0.274. The van der Waals surface area contributed by atoms with Crippen molar-refractivity contribution in [2.45, 2.75) is 25.8 Å². The zero-order valence-electron chi connectivity index (χ0n) is 11.3. The summed E-state index contributed by atoms with van der Waals surface area (Å²) in [6.07, 6.45) is -3.65. The van der Waals surface area contributed by atoms with Crippen LogP contribution in [0.25, 0.3) is 0 Å². The Morgan fingerprint density at radius 2 is 1.86 bits per heavy atom. The number of pyridine rings is 1. The maximum atomic E-state index is 12.0. The number of halogens is 3. The van der Waals surface area contributed by atoms with Gasteiger partial charge in [0.1, 0.15) is 11.9 Å². The lowest BCUT2D eigenvalue weighted by Crippen LogP contribution is -2.17. The number of alkyl halides is 3. The van der Waals surface area contributed by atoms with Crippen molar-refractivity contribution < 1.29 is 23.0 Å². The second-order valence-electron chi connectivity index (χ2n) is 4.62. The number of hydrogen-bond acceptors (Lipinski definition) is 3. The summed E-state index contributed by atoms with van der Waals surface area (Å²) < 4.78 is 39.9. The molecule has 2 rings (SSSR count). The van der Waals surface area contributed by atoms with Crippen LogP contribution in [0.15, 0.2) is 42.6 Å². The molecule has 0 saturated carbocycles. The van der Waals surface area contributed by atoms with Crippen molar-refractivity contribution >= 4 is 0 Å². The van der Waals surface area contributed by atoms with Gasteiger partial charge in [0.25, 0.3) is 0 Å². The molecule has 3 nitrogen and oxygen atoms in total. The Morgan fingerprint density at radius 1 is 1.19 bits per heavy atom. The van der Waals surface area contributed by atoms with Crippen LogP contribution < -0.4 is 4.74 Å². The third-order valence-electron chi connectivity index (χ3n) is 2.95. The first-order chi connectivity index (χ1) is 9.85. The first-order valence-electron chi connectivity index (χ1n) is 6.29. The van der Waals surface area contributed by atoms with Crippen molar-refractivity contribution in [2.75, 3.05) is 0 Å². The zero-order chi connectivity index (χ0) is 15.5. The number of aromatic nitrogens is 1. The fourth-order valence-corrected chi connectivity index (χ4v) is 1.99. The van der Waals surface area contributed by atoms with E-state index >= 15 is 0 Å². The molecule has 1 aromatic heterocycles.